The molecule has 1 aromatic carbocycles. The maximum absolute atomic E-state index is 11.5. The fraction of sp³-hybridized carbons (Fsp3) is 0.353. The van der Waals surface area contributed by atoms with E-state index in [4.69, 9.17) is 10.00 Å². The van der Waals surface area contributed by atoms with Crippen LogP contribution in [-0.4, -0.2) is 25.2 Å². The van der Waals surface area contributed by atoms with Crippen molar-refractivity contribution in [1.29, 1.82) is 5.26 Å². The van der Waals surface area contributed by atoms with E-state index in [2.05, 4.69) is 9.72 Å². The molecule has 0 radical (unpaired) electrons. The van der Waals surface area contributed by atoms with Gasteiger partial charge in [0.2, 0.25) is 0 Å². The van der Waals surface area contributed by atoms with E-state index in [1.165, 1.54) is 14.2 Å². The van der Waals surface area contributed by atoms with Crippen molar-refractivity contribution >= 4 is 16.9 Å². The van der Waals surface area contributed by atoms with Gasteiger partial charge in [-0.3, -0.25) is 0 Å². The molecule has 0 amide bonds. The molecule has 1 heterocycles. The van der Waals surface area contributed by atoms with Crippen LogP contribution in [-0.2, 0) is 4.74 Å². The van der Waals surface area contributed by atoms with Crippen LogP contribution >= 0.6 is 0 Å². The standard InChI is InChI=1S/C13H10N2O3.2C2H6/c1-17-11-6-9(13(16)18-2)5-8-3-4-10(7-14)15-12(8)11;2*1-2/h3-6H,1-2H3;2*1-2H3. The second-order valence-corrected chi connectivity index (χ2v) is 3.55. The van der Waals surface area contributed by atoms with Gasteiger partial charge in [0.1, 0.15) is 23.0 Å². The zero-order valence-corrected chi connectivity index (χ0v) is 13.9. The number of pyridine rings is 1. The number of ether oxygens (including phenoxy) is 2. The number of benzene rings is 1. The van der Waals surface area contributed by atoms with Gasteiger partial charge in [0, 0.05) is 5.39 Å². The van der Waals surface area contributed by atoms with Gasteiger partial charge < -0.3 is 9.47 Å². The fourth-order valence-electron chi connectivity index (χ4n) is 1.66. The quantitative estimate of drug-likeness (QED) is 0.785. The maximum Gasteiger partial charge on any atom is 0.338 e. The molecule has 0 fully saturated rings. The van der Waals surface area contributed by atoms with Crippen molar-refractivity contribution in [3.63, 3.8) is 0 Å². The summed E-state index contributed by atoms with van der Waals surface area (Å²) >= 11 is 0. The highest BCUT2D eigenvalue weighted by atomic mass is 16.5. The van der Waals surface area contributed by atoms with E-state index < -0.39 is 5.97 Å². The van der Waals surface area contributed by atoms with Crippen molar-refractivity contribution in [2.24, 2.45) is 0 Å². The van der Waals surface area contributed by atoms with Crippen molar-refractivity contribution in [2.45, 2.75) is 27.7 Å². The Balaban J connectivity index is 0.00000102. The molecule has 1 aromatic heterocycles. The lowest BCUT2D eigenvalue weighted by Crippen LogP contribution is -2.02. The number of nitrogens with zero attached hydrogens (tertiary/aromatic N) is 2. The zero-order valence-electron chi connectivity index (χ0n) is 13.9. The minimum Gasteiger partial charge on any atom is -0.494 e. The summed E-state index contributed by atoms with van der Waals surface area (Å²) in [5, 5.41) is 9.53. The molecule has 0 aliphatic heterocycles. The van der Waals surface area contributed by atoms with Crippen molar-refractivity contribution in [3.8, 4) is 11.8 Å². The summed E-state index contributed by atoms with van der Waals surface area (Å²) < 4.78 is 9.84. The summed E-state index contributed by atoms with van der Waals surface area (Å²) in [5.74, 6) is -0.00967. The molecule has 22 heavy (non-hydrogen) atoms. The number of hydrogen-bond acceptors (Lipinski definition) is 5. The molecule has 0 unspecified atom stereocenters. The number of carbonyl (C=O) groups is 1. The summed E-state index contributed by atoms with van der Waals surface area (Å²) in [5.41, 5.74) is 1.23. The lowest BCUT2D eigenvalue weighted by molar-refractivity contribution is 0.0600. The summed E-state index contributed by atoms with van der Waals surface area (Å²) in [6, 6.07) is 8.46. The number of nitriles is 1. The van der Waals surface area contributed by atoms with E-state index in [1.807, 2.05) is 33.8 Å². The number of fused-ring (bicyclic) bond motifs is 1. The minimum absolute atomic E-state index is 0.298. The van der Waals surface area contributed by atoms with Crippen LogP contribution in [0.4, 0.5) is 0 Å². The van der Waals surface area contributed by atoms with E-state index >= 15 is 0 Å². The van der Waals surface area contributed by atoms with E-state index in [9.17, 15) is 4.79 Å². The molecule has 2 aromatic rings. The van der Waals surface area contributed by atoms with Crippen LogP contribution < -0.4 is 4.74 Å². The third-order valence-electron chi connectivity index (χ3n) is 2.51. The predicted octanol–water partition coefficient (Wildman–Crippen LogP) is 3.95. The van der Waals surface area contributed by atoms with Gasteiger partial charge in [0.25, 0.3) is 0 Å². The van der Waals surface area contributed by atoms with E-state index in [0.717, 1.165) is 0 Å². The van der Waals surface area contributed by atoms with Gasteiger partial charge >= 0.3 is 5.97 Å². The van der Waals surface area contributed by atoms with Gasteiger partial charge in [-0.25, -0.2) is 9.78 Å². The molecule has 0 aliphatic carbocycles. The van der Waals surface area contributed by atoms with Gasteiger partial charge in [-0.15, -0.1) is 0 Å². The van der Waals surface area contributed by atoms with Gasteiger partial charge in [-0.05, 0) is 24.3 Å². The largest absolute Gasteiger partial charge is 0.494 e. The van der Waals surface area contributed by atoms with Gasteiger partial charge in [0.15, 0.2) is 0 Å². The second-order valence-electron chi connectivity index (χ2n) is 3.55. The maximum atomic E-state index is 11.5. The Bertz CT molecular complexity index is 661. The Morgan fingerprint density at radius 2 is 1.77 bits per heavy atom. The number of hydrogen-bond donors (Lipinski definition) is 0. The molecule has 0 atom stereocenters. The van der Waals surface area contributed by atoms with Crippen LogP contribution in [0.3, 0.4) is 0 Å². The first kappa shape index (κ1) is 19.4. The molecular formula is C17H22N2O3. The Labute approximate surface area is 131 Å². The SMILES string of the molecule is CC.CC.COC(=O)c1cc(OC)c2nc(C#N)ccc2c1. The first-order valence-electron chi connectivity index (χ1n) is 7.17. The van der Waals surface area contributed by atoms with Crippen LogP contribution in [0.2, 0.25) is 0 Å². The van der Waals surface area contributed by atoms with E-state index in [-0.39, 0.29) is 0 Å². The number of esters is 1. The highest BCUT2D eigenvalue weighted by Gasteiger charge is 2.12. The van der Waals surface area contributed by atoms with Crippen LogP contribution in [0.5, 0.6) is 5.75 Å². The monoisotopic (exact) mass is 302 g/mol. The minimum atomic E-state index is -0.445. The number of carbonyl (C=O) groups excluding carboxylic acids is 1. The summed E-state index contributed by atoms with van der Waals surface area (Å²) in [4.78, 5) is 15.7. The average molecular weight is 302 g/mol. The van der Waals surface area contributed by atoms with Crippen molar-refractivity contribution < 1.29 is 14.3 Å². The molecule has 0 saturated heterocycles. The summed E-state index contributed by atoms with van der Waals surface area (Å²) in [7, 11) is 2.80. The van der Waals surface area contributed by atoms with Crippen LogP contribution in [0.15, 0.2) is 24.3 Å². The third-order valence-corrected chi connectivity index (χ3v) is 2.51. The van der Waals surface area contributed by atoms with Crippen LogP contribution in [0, 0.1) is 11.3 Å². The fourth-order valence-corrected chi connectivity index (χ4v) is 1.66. The molecule has 118 valence electrons. The van der Waals surface area contributed by atoms with Crippen molar-refractivity contribution in [3.05, 3.63) is 35.5 Å². The molecule has 0 N–H and O–H groups in total. The van der Waals surface area contributed by atoms with E-state index in [0.29, 0.717) is 27.9 Å². The lowest BCUT2D eigenvalue weighted by atomic mass is 10.1. The molecule has 5 heteroatoms. The molecule has 0 aliphatic rings. The van der Waals surface area contributed by atoms with Crippen LogP contribution in [0.1, 0.15) is 43.7 Å². The Kier molecular flexibility index (Phi) is 8.96. The molecule has 0 spiro atoms. The number of methoxy groups -OCH3 is 2. The normalized spacial score (nSPS) is 8.59. The summed E-state index contributed by atoms with van der Waals surface area (Å²) in [6.07, 6.45) is 0. The van der Waals surface area contributed by atoms with Gasteiger partial charge in [-0.1, -0.05) is 27.7 Å². The second kappa shape index (κ2) is 10.2. The van der Waals surface area contributed by atoms with Crippen LogP contribution in [0.25, 0.3) is 10.9 Å². The highest BCUT2D eigenvalue weighted by molar-refractivity contribution is 5.97. The number of aromatic nitrogens is 1. The Hall–Kier alpha value is -2.61. The highest BCUT2D eigenvalue weighted by Crippen LogP contribution is 2.26. The predicted molar refractivity (Wildman–Crippen MR) is 87.0 cm³/mol. The third kappa shape index (κ3) is 4.45. The van der Waals surface area contributed by atoms with Crippen molar-refractivity contribution in [2.75, 3.05) is 14.2 Å². The van der Waals surface area contributed by atoms with Crippen molar-refractivity contribution in [1.82, 2.24) is 4.98 Å². The Morgan fingerprint density at radius 1 is 1.14 bits per heavy atom. The van der Waals surface area contributed by atoms with E-state index in [1.54, 1.807) is 24.3 Å². The zero-order chi connectivity index (χ0) is 17.1. The Morgan fingerprint density at radius 3 is 2.27 bits per heavy atom. The first-order valence-corrected chi connectivity index (χ1v) is 7.17. The molecule has 2 rings (SSSR count). The van der Waals surface area contributed by atoms with Gasteiger partial charge in [-0.2, -0.15) is 5.26 Å². The smallest absolute Gasteiger partial charge is 0.338 e. The lowest BCUT2D eigenvalue weighted by Gasteiger charge is -2.07. The topological polar surface area (TPSA) is 72.2 Å². The molecular weight excluding hydrogens is 280 g/mol. The number of rotatable bonds is 2. The molecule has 0 saturated carbocycles. The molecule has 0 bridgehead atoms. The average Bonchev–Trinajstić information content (AvgIpc) is 2.62. The summed E-state index contributed by atoms with van der Waals surface area (Å²) in [6.45, 7) is 8.00. The first-order chi connectivity index (χ1) is 10.7. The van der Waals surface area contributed by atoms with Gasteiger partial charge in [0.05, 0.1) is 19.8 Å². The molecule has 5 nitrogen and oxygen atoms in total.